The molecule has 3 heteroatoms. The Morgan fingerprint density at radius 3 is 2.39 bits per heavy atom. The van der Waals surface area contributed by atoms with Gasteiger partial charge in [0.05, 0.1) is 11.2 Å². The van der Waals surface area contributed by atoms with Gasteiger partial charge in [-0.15, -0.1) is 0 Å². The Morgan fingerprint density at radius 1 is 1.22 bits per heavy atom. The van der Waals surface area contributed by atoms with Crippen molar-refractivity contribution in [3.63, 3.8) is 0 Å². The van der Waals surface area contributed by atoms with Crippen LogP contribution in [0.15, 0.2) is 0 Å². The normalized spacial score (nSPS) is 40.0. The molecule has 18 heavy (non-hydrogen) atoms. The van der Waals surface area contributed by atoms with E-state index in [0.717, 1.165) is 13.0 Å². The predicted octanol–water partition coefficient (Wildman–Crippen LogP) is 2.53. The molecule has 0 aliphatic carbocycles. The first-order valence-corrected chi connectivity index (χ1v) is 7.44. The average molecular weight is 254 g/mol. The van der Waals surface area contributed by atoms with E-state index in [1.54, 1.807) is 0 Å². The highest BCUT2D eigenvalue weighted by Crippen LogP contribution is 2.43. The molecule has 2 saturated heterocycles. The summed E-state index contributed by atoms with van der Waals surface area (Å²) in [6.07, 6.45) is 4.97. The fraction of sp³-hybridized carbons (Fsp3) is 1.00. The molecule has 2 rings (SSSR count). The van der Waals surface area contributed by atoms with E-state index in [9.17, 15) is 0 Å². The molecule has 2 fully saturated rings. The lowest BCUT2D eigenvalue weighted by Gasteiger charge is -2.47. The summed E-state index contributed by atoms with van der Waals surface area (Å²) >= 11 is 0. The Balaban J connectivity index is 2.22. The average Bonchev–Trinajstić information content (AvgIpc) is 2.46. The van der Waals surface area contributed by atoms with Crippen LogP contribution in [-0.4, -0.2) is 40.8 Å². The molecule has 2 aliphatic rings. The second kappa shape index (κ2) is 4.77. The lowest BCUT2D eigenvalue weighted by atomic mass is 9.86. The van der Waals surface area contributed by atoms with Gasteiger partial charge in [0.2, 0.25) is 0 Å². The van der Waals surface area contributed by atoms with E-state index in [2.05, 4.69) is 39.5 Å². The molecule has 0 aromatic carbocycles. The summed E-state index contributed by atoms with van der Waals surface area (Å²) in [6, 6.07) is 1.67. The van der Waals surface area contributed by atoms with Gasteiger partial charge in [-0.05, 0) is 53.9 Å². The third-order valence-corrected chi connectivity index (χ3v) is 4.75. The van der Waals surface area contributed by atoms with Crippen LogP contribution in [0.5, 0.6) is 0 Å². The Labute approximate surface area is 112 Å². The van der Waals surface area contributed by atoms with Crippen molar-refractivity contribution in [3.8, 4) is 0 Å². The number of rotatable bonds is 2. The van der Waals surface area contributed by atoms with Crippen LogP contribution in [0.2, 0.25) is 0 Å². The first kappa shape index (κ1) is 14.3. The van der Waals surface area contributed by atoms with Gasteiger partial charge in [0.25, 0.3) is 0 Å². The number of nitrogens with two attached hydrogens (primary N) is 1. The van der Waals surface area contributed by atoms with Gasteiger partial charge in [0.15, 0.2) is 0 Å². The fourth-order valence-electron chi connectivity index (χ4n) is 4.11. The van der Waals surface area contributed by atoms with Crippen molar-refractivity contribution in [1.29, 1.82) is 0 Å². The highest BCUT2D eigenvalue weighted by atomic mass is 16.5. The number of nitrogens with zero attached hydrogens (tertiary/aromatic N) is 1. The topological polar surface area (TPSA) is 38.5 Å². The van der Waals surface area contributed by atoms with Gasteiger partial charge in [0, 0.05) is 24.7 Å². The van der Waals surface area contributed by atoms with Crippen molar-refractivity contribution in [3.05, 3.63) is 0 Å². The standard InChI is InChI=1S/C15H30N2O/c1-11-7-6-8-12(10-16)17(11)13-9-14(2,3)18-15(13,4)5/h11-13H,6-10,16H2,1-5H3. The number of ether oxygens (including phenoxy) is 1. The Morgan fingerprint density at radius 2 is 1.89 bits per heavy atom. The number of hydrogen-bond acceptors (Lipinski definition) is 3. The molecular weight excluding hydrogens is 224 g/mol. The van der Waals surface area contributed by atoms with Crippen LogP contribution in [0, 0.1) is 0 Å². The molecule has 3 unspecified atom stereocenters. The summed E-state index contributed by atoms with van der Waals surface area (Å²) in [6.45, 7) is 12.0. The van der Waals surface area contributed by atoms with Crippen molar-refractivity contribution in [1.82, 2.24) is 4.90 Å². The number of hydrogen-bond donors (Lipinski definition) is 1. The van der Waals surface area contributed by atoms with E-state index in [-0.39, 0.29) is 11.2 Å². The molecular formula is C15H30N2O. The summed E-state index contributed by atoms with van der Waals surface area (Å²) in [5.74, 6) is 0. The zero-order valence-corrected chi connectivity index (χ0v) is 12.7. The summed E-state index contributed by atoms with van der Waals surface area (Å²) in [4.78, 5) is 2.66. The molecule has 0 saturated carbocycles. The second-order valence-electron chi connectivity index (χ2n) is 7.30. The lowest BCUT2D eigenvalue weighted by Crippen LogP contribution is -2.58. The third kappa shape index (κ3) is 2.59. The predicted molar refractivity (Wildman–Crippen MR) is 75.6 cm³/mol. The van der Waals surface area contributed by atoms with Crippen molar-refractivity contribution >= 4 is 0 Å². The van der Waals surface area contributed by atoms with Gasteiger partial charge in [-0.2, -0.15) is 0 Å². The van der Waals surface area contributed by atoms with Gasteiger partial charge in [-0.1, -0.05) is 6.42 Å². The first-order chi connectivity index (χ1) is 8.27. The van der Waals surface area contributed by atoms with E-state index in [1.165, 1.54) is 19.3 Å². The molecule has 0 amide bonds. The van der Waals surface area contributed by atoms with Crippen LogP contribution in [-0.2, 0) is 4.74 Å². The summed E-state index contributed by atoms with van der Waals surface area (Å²) in [5.41, 5.74) is 5.92. The minimum absolute atomic E-state index is 0.00944. The van der Waals surface area contributed by atoms with Crippen LogP contribution in [0.4, 0.5) is 0 Å². The zero-order valence-electron chi connectivity index (χ0n) is 12.7. The van der Waals surface area contributed by atoms with Gasteiger partial charge in [-0.25, -0.2) is 0 Å². The summed E-state index contributed by atoms with van der Waals surface area (Å²) in [5, 5.41) is 0. The molecule has 3 nitrogen and oxygen atoms in total. The van der Waals surface area contributed by atoms with E-state index < -0.39 is 0 Å². The number of likely N-dealkylation sites (tertiary alicyclic amines) is 1. The second-order valence-corrected chi connectivity index (χ2v) is 7.30. The first-order valence-electron chi connectivity index (χ1n) is 7.44. The van der Waals surface area contributed by atoms with Crippen molar-refractivity contribution < 1.29 is 4.74 Å². The van der Waals surface area contributed by atoms with E-state index >= 15 is 0 Å². The smallest absolute Gasteiger partial charge is 0.0789 e. The highest BCUT2D eigenvalue weighted by molar-refractivity contribution is 5.03. The fourth-order valence-corrected chi connectivity index (χ4v) is 4.11. The quantitative estimate of drug-likeness (QED) is 0.823. The molecule has 0 spiro atoms. The maximum Gasteiger partial charge on any atom is 0.0789 e. The zero-order chi connectivity index (χ0) is 13.6. The molecule has 0 aromatic heterocycles. The molecule has 0 bridgehead atoms. The lowest BCUT2D eigenvalue weighted by molar-refractivity contribution is -0.0920. The van der Waals surface area contributed by atoms with E-state index in [4.69, 9.17) is 10.5 Å². The maximum atomic E-state index is 6.26. The van der Waals surface area contributed by atoms with Crippen LogP contribution in [0.25, 0.3) is 0 Å². The molecule has 0 radical (unpaired) electrons. The maximum absolute atomic E-state index is 6.26. The van der Waals surface area contributed by atoms with Crippen LogP contribution >= 0.6 is 0 Å². The van der Waals surface area contributed by atoms with Crippen LogP contribution < -0.4 is 5.73 Å². The van der Waals surface area contributed by atoms with Crippen molar-refractivity contribution in [2.75, 3.05) is 6.54 Å². The highest BCUT2D eigenvalue weighted by Gasteiger charge is 2.51. The van der Waals surface area contributed by atoms with Crippen molar-refractivity contribution in [2.24, 2.45) is 5.73 Å². The molecule has 3 atom stereocenters. The van der Waals surface area contributed by atoms with E-state index in [0.29, 0.717) is 18.1 Å². The number of piperidine rings is 1. The Hall–Kier alpha value is -0.120. The van der Waals surface area contributed by atoms with E-state index in [1.807, 2.05) is 0 Å². The molecule has 106 valence electrons. The van der Waals surface area contributed by atoms with Gasteiger partial charge in [0.1, 0.15) is 0 Å². The van der Waals surface area contributed by atoms with Gasteiger partial charge >= 0.3 is 0 Å². The monoisotopic (exact) mass is 254 g/mol. The SMILES string of the molecule is CC1CCCC(CN)N1C1CC(C)(C)OC1(C)C. The largest absolute Gasteiger partial charge is 0.368 e. The van der Waals surface area contributed by atoms with Gasteiger partial charge < -0.3 is 10.5 Å². The van der Waals surface area contributed by atoms with Crippen molar-refractivity contribution in [2.45, 2.75) is 89.6 Å². The minimum Gasteiger partial charge on any atom is -0.368 e. The Kier molecular flexibility index (Phi) is 3.79. The molecule has 2 heterocycles. The molecule has 2 aliphatic heterocycles. The summed E-state index contributed by atoms with van der Waals surface area (Å²) in [7, 11) is 0. The third-order valence-electron chi connectivity index (χ3n) is 4.75. The molecule has 0 aromatic rings. The van der Waals surface area contributed by atoms with Crippen LogP contribution in [0.1, 0.15) is 60.3 Å². The summed E-state index contributed by atoms with van der Waals surface area (Å²) < 4.78 is 6.26. The Bertz CT molecular complexity index is 301. The minimum atomic E-state index is -0.0669. The molecule has 2 N–H and O–H groups in total. The van der Waals surface area contributed by atoms with Gasteiger partial charge in [-0.3, -0.25) is 4.90 Å². The van der Waals surface area contributed by atoms with Crippen LogP contribution in [0.3, 0.4) is 0 Å².